The Morgan fingerprint density at radius 1 is 1.40 bits per heavy atom. The summed E-state index contributed by atoms with van der Waals surface area (Å²) in [4.78, 5) is 2.33. The molecule has 0 unspecified atom stereocenters. The van der Waals surface area contributed by atoms with Crippen molar-refractivity contribution in [3.05, 3.63) is 23.2 Å². The lowest BCUT2D eigenvalue weighted by atomic mass is 10.0. The van der Waals surface area contributed by atoms with Crippen LogP contribution in [0.5, 0.6) is 0 Å². The van der Waals surface area contributed by atoms with E-state index in [0.717, 1.165) is 22.9 Å². The van der Waals surface area contributed by atoms with Crippen molar-refractivity contribution < 1.29 is 0 Å². The summed E-state index contributed by atoms with van der Waals surface area (Å²) >= 11 is 6.21. The van der Waals surface area contributed by atoms with Gasteiger partial charge in [-0.3, -0.25) is 0 Å². The lowest BCUT2D eigenvalue weighted by Gasteiger charge is -2.36. The van der Waals surface area contributed by atoms with Gasteiger partial charge in [-0.15, -0.1) is 0 Å². The average Bonchev–Trinajstić information content (AvgIpc) is 2.20. The van der Waals surface area contributed by atoms with Crippen LogP contribution >= 0.6 is 11.6 Å². The van der Waals surface area contributed by atoms with E-state index in [4.69, 9.17) is 17.3 Å². The summed E-state index contributed by atoms with van der Waals surface area (Å²) in [5, 5.41) is 0.767. The van der Waals surface area contributed by atoms with Crippen molar-refractivity contribution in [3.63, 3.8) is 0 Å². The molecular weight excluding hydrogens is 208 g/mol. The van der Waals surface area contributed by atoms with Crippen molar-refractivity contribution in [2.75, 3.05) is 17.2 Å². The SMILES string of the molecule is C[C@H]1CCCCN1c1c(N)cccc1Cl. The summed E-state index contributed by atoms with van der Waals surface area (Å²) in [5.41, 5.74) is 7.80. The number of piperidine rings is 1. The molecule has 2 nitrogen and oxygen atoms in total. The number of hydrogen-bond acceptors (Lipinski definition) is 2. The lowest BCUT2D eigenvalue weighted by molar-refractivity contribution is 0.485. The molecule has 0 aromatic heterocycles. The van der Waals surface area contributed by atoms with Gasteiger partial charge >= 0.3 is 0 Å². The molecule has 0 radical (unpaired) electrons. The molecule has 0 amide bonds. The Morgan fingerprint density at radius 2 is 2.20 bits per heavy atom. The second-order valence-electron chi connectivity index (χ2n) is 4.22. The van der Waals surface area contributed by atoms with E-state index in [9.17, 15) is 0 Å². The number of hydrogen-bond donors (Lipinski definition) is 1. The Hall–Kier alpha value is -0.890. The van der Waals surface area contributed by atoms with E-state index in [-0.39, 0.29) is 0 Å². The summed E-state index contributed by atoms with van der Waals surface area (Å²) in [7, 11) is 0. The van der Waals surface area contributed by atoms with Gasteiger partial charge in [0, 0.05) is 12.6 Å². The van der Waals surface area contributed by atoms with Crippen molar-refractivity contribution in [2.45, 2.75) is 32.2 Å². The third-order valence-electron chi connectivity index (χ3n) is 3.11. The maximum absolute atomic E-state index is 6.21. The van der Waals surface area contributed by atoms with E-state index < -0.39 is 0 Å². The van der Waals surface area contributed by atoms with Gasteiger partial charge < -0.3 is 10.6 Å². The molecule has 1 aliphatic heterocycles. The first-order valence-corrected chi connectivity index (χ1v) is 5.88. The van der Waals surface area contributed by atoms with Crippen LogP contribution in [0, 0.1) is 0 Å². The highest BCUT2D eigenvalue weighted by atomic mass is 35.5. The molecule has 0 bridgehead atoms. The number of nitrogens with zero attached hydrogens (tertiary/aromatic N) is 1. The largest absolute Gasteiger partial charge is 0.397 e. The van der Waals surface area contributed by atoms with Crippen molar-refractivity contribution >= 4 is 23.0 Å². The van der Waals surface area contributed by atoms with Gasteiger partial charge in [-0.05, 0) is 38.3 Å². The molecule has 1 heterocycles. The van der Waals surface area contributed by atoms with Crippen LogP contribution in [0.3, 0.4) is 0 Å². The van der Waals surface area contributed by atoms with Gasteiger partial charge in [-0.25, -0.2) is 0 Å². The minimum Gasteiger partial charge on any atom is -0.397 e. The summed E-state index contributed by atoms with van der Waals surface area (Å²) < 4.78 is 0. The molecule has 2 rings (SSSR count). The monoisotopic (exact) mass is 224 g/mol. The van der Waals surface area contributed by atoms with Crippen molar-refractivity contribution in [2.24, 2.45) is 0 Å². The predicted molar refractivity (Wildman–Crippen MR) is 66.5 cm³/mol. The van der Waals surface area contributed by atoms with E-state index in [1.807, 2.05) is 18.2 Å². The summed E-state index contributed by atoms with van der Waals surface area (Å²) in [5.74, 6) is 0. The van der Waals surface area contributed by atoms with Crippen LogP contribution in [0.15, 0.2) is 18.2 Å². The standard InChI is InChI=1S/C12H17ClN2/c1-9-5-2-3-8-15(9)12-10(13)6-4-7-11(12)14/h4,6-7,9H,2-3,5,8,14H2,1H3/t9-/m0/s1. The number of para-hydroxylation sites is 1. The molecule has 1 fully saturated rings. The highest BCUT2D eigenvalue weighted by Crippen LogP contribution is 2.35. The van der Waals surface area contributed by atoms with Gasteiger partial charge in [-0.2, -0.15) is 0 Å². The number of nitrogens with two attached hydrogens (primary N) is 1. The van der Waals surface area contributed by atoms with Crippen LogP contribution in [-0.4, -0.2) is 12.6 Å². The number of anilines is 2. The fraction of sp³-hybridized carbons (Fsp3) is 0.500. The van der Waals surface area contributed by atoms with Crippen LogP contribution in [0.2, 0.25) is 5.02 Å². The van der Waals surface area contributed by atoms with Crippen LogP contribution in [0.25, 0.3) is 0 Å². The van der Waals surface area contributed by atoms with Crippen LogP contribution in [0.4, 0.5) is 11.4 Å². The topological polar surface area (TPSA) is 29.3 Å². The van der Waals surface area contributed by atoms with E-state index in [2.05, 4.69) is 11.8 Å². The maximum atomic E-state index is 6.21. The molecule has 1 atom stereocenters. The number of rotatable bonds is 1. The Bertz CT molecular complexity index is 331. The third kappa shape index (κ3) is 2.05. The van der Waals surface area contributed by atoms with E-state index in [1.165, 1.54) is 19.3 Å². The zero-order valence-corrected chi connectivity index (χ0v) is 9.80. The Labute approximate surface area is 96.0 Å². The molecule has 82 valence electrons. The molecule has 3 heteroatoms. The van der Waals surface area contributed by atoms with Gasteiger partial charge in [0.1, 0.15) is 0 Å². The zero-order chi connectivity index (χ0) is 10.8. The fourth-order valence-corrected chi connectivity index (χ4v) is 2.56. The third-order valence-corrected chi connectivity index (χ3v) is 3.41. The molecule has 1 aliphatic rings. The first-order valence-electron chi connectivity index (χ1n) is 5.51. The Kier molecular flexibility index (Phi) is 3.06. The number of nitrogen functional groups attached to an aromatic ring is 1. The van der Waals surface area contributed by atoms with Gasteiger partial charge in [-0.1, -0.05) is 17.7 Å². The highest BCUT2D eigenvalue weighted by Gasteiger charge is 2.21. The first kappa shape index (κ1) is 10.6. The molecule has 2 N–H and O–H groups in total. The maximum Gasteiger partial charge on any atom is 0.0791 e. The molecule has 1 saturated heterocycles. The Balaban J connectivity index is 2.35. The smallest absolute Gasteiger partial charge is 0.0791 e. The Morgan fingerprint density at radius 3 is 2.87 bits per heavy atom. The second-order valence-corrected chi connectivity index (χ2v) is 4.62. The molecule has 0 spiro atoms. The van der Waals surface area contributed by atoms with Crippen molar-refractivity contribution in [1.29, 1.82) is 0 Å². The molecule has 0 saturated carbocycles. The van der Waals surface area contributed by atoms with Crippen molar-refractivity contribution in [3.8, 4) is 0 Å². The van der Waals surface area contributed by atoms with E-state index in [1.54, 1.807) is 0 Å². The summed E-state index contributed by atoms with van der Waals surface area (Å²) in [6.07, 6.45) is 3.77. The van der Waals surface area contributed by atoms with Gasteiger partial charge in [0.2, 0.25) is 0 Å². The molecule has 1 aromatic carbocycles. The minimum atomic E-state index is 0.543. The van der Waals surface area contributed by atoms with E-state index in [0.29, 0.717) is 6.04 Å². The molecular formula is C12H17ClN2. The predicted octanol–water partition coefficient (Wildman–Crippen LogP) is 3.30. The average molecular weight is 225 g/mol. The molecule has 15 heavy (non-hydrogen) atoms. The van der Waals surface area contributed by atoms with Crippen LogP contribution in [0.1, 0.15) is 26.2 Å². The minimum absolute atomic E-state index is 0.543. The quantitative estimate of drug-likeness (QED) is 0.742. The number of halogens is 1. The first-order chi connectivity index (χ1) is 7.20. The van der Waals surface area contributed by atoms with E-state index >= 15 is 0 Å². The molecule has 1 aromatic rings. The highest BCUT2D eigenvalue weighted by molar-refractivity contribution is 6.34. The number of benzene rings is 1. The van der Waals surface area contributed by atoms with Gasteiger partial charge in [0.15, 0.2) is 0 Å². The normalized spacial score (nSPS) is 21.7. The van der Waals surface area contributed by atoms with Crippen molar-refractivity contribution in [1.82, 2.24) is 0 Å². The van der Waals surface area contributed by atoms with Gasteiger partial charge in [0.25, 0.3) is 0 Å². The lowest BCUT2D eigenvalue weighted by Crippen LogP contribution is -2.38. The summed E-state index contributed by atoms with van der Waals surface area (Å²) in [6.45, 7) is 3.30. The molecule has 0 aliphatic carbocycles. The van der Waals surface area contributed by atoms with Crippen LogP contribution < -0.4 is 10.6 Å². The fourth-order valence-electron chi connectivity index (χ4n) is 2.27. The zero-order valence-electron chi connectivity index (χ0n) is 9.04. The summed E-state index contributed by atoms with van der Waals surface area (Å²) in [6, 6.07) is 6.27. The second kappa shape index (κ2) is 4.31. The van der Waals surface area contributed by atoms with Crippen LogP contribution in [-0.2, 0) is 0 Å². The van der Waals surface area contributed by atoms with Gasteiger partial charge in [0.05, 0.1) is 16.4 Å².